The summed E-state index contributed by atoms with van der Waals surface area (Å²) in [5, 5.41) is 3.21. The molecule has 11 heteroatoms. The van der Waals surface area contributed by atoms with Crippen molar-refractivity contribution in [3.05, 3.63) is 102 Å². The van der Waals surface area contributed by atoms with Crippen LogP contribution in [0.1, 0.15) is 11.1 Å². The molecule has 38 heavy (non-hydrogen) atoms. The van der Waals surface area contributed by atoms with E-state index in [4.69, 9.17) is 0 Å². The van der Waals surface area contributed by atoms with Gasteiger partial charge >= 0.3 is 6.03 Å². The molecular weight excluding hydrogens is 514 g/mol. The number of carbonyl (C=O) groups excluding carboxylic acids is 2. The maximum atomic E-state index is 13.8. The van der Waals surface area contributed by atoms with Crippen LogP contribution in [0.15, 0.2) is 83.9 Å². The van der Waals surface area contributed by atoms with E-state index in [1.165, 1.54) is 24.1 Å². The van der Waals surface area contributed by atoms with Crippen LogP contribution in [0.5, 0.6) is 0 Å². The molecule has 1 atom stereocenters. The summed E-state index contributed by atoms with van der Waals surface area (Å²) in [6, 6.07) is 15.1. The van der Waals surface area contributed by atoms with Crippen LogP contribution in [0.3, 0.4) is 0 Å². The fourth-order valence-electron chi connectivity index (χ4n) is 4.01. The van der Waals surface area contributed by atoms with Gasteiger partial charge in [-0.3, -0.25) is 9.78 Å². The predicted molar refractivity (Wildman–Crippen MR) is 139 cm³/mol. The summed E-state index contributed by atoms with van der Waals surface area (Å²) in [5.41, 5.74) is 1.59. The van der Waals surface area contributed by atoms with Crippen molar-refractivity contribution in [3.8, 4) is 0 Å². The molecule has 2 N–H and O–H groups in total. The average molecular weight is 539 g/mol. The summed E-state index contributed by atoms with van der Waals surface area (Å²) in [7, 11) is -2.79. The highest BCUT2D eigenvalue weighted by Gasteiger charge is 2.28. The lowest BCUT2D eigenvalue weighted by molar-refractivity contribution is -0.120. The number of amides is 3. The molecule has 0 spiro atoms. The van der Waals surface area contributed by atoms with Gasteiger partial charge in [0.15, 0.2) is 0 Å². The molecule has 8 nitrogen and oxygen atoms in total. The molecular formula is C27H24F2N4O4S. The van der Waals surface area contributed by atoms with E-state index in [1.807, 2.05) is 10.8 Å². The van der Waals surface area contributed by atoms with E-state index in [-0.39, 0.29) is 16.9 Å². The number of halogens is 2. The Morgan fingerprint density at radius 3 is 2.39 bits per heavy atom. The van der Waals surface area contributed by atoms with E-state index < -0.39 is 39.6 Å². The minimum absolute atomic E-state index is 0.0940. The minimum Gasteiger partial charge on any atom is -0.325 e. The Bertz CT molecular complexity index is 1610. The first-order chi connectivity index (χ1) is 18.0. The quantitative estimate of drug-likeness (QED) is 0.369. The maximum Gasteiger partial charge on any atom is 0.329 e. The number of pyridine rings is 1. The second-order valence-corrected chi connectivity index (χ2v) is 10.3. The number of aromatic nitrogens is 1. The average Bonchev–Trinajstić information content (AvgIpc) is 2.86. The zero-order valence-electron chi connectivity index (χ0n) is 20.5. The molecule has 3 aromatic carbocycles. The van der Waals surface area contributed by atoms with Gasteiger partial charge in [-0.1, -0.05) is 30.3 Å². The topological polar surface area (TPSA) is 108 Å². The van der Waals surface area contributed by atoms with Gasteiger partial charge in [0.25, 0.3) is 10.0 Å². The van der Waals surface area contributed by atoms with Crippen molar-refractivity contribution in [2.45, 2.75) is 24.3 Å². The zero-order valence-corrected chi connectivity index (χ0v) is 21.3. The van der Waals surface area contributed by atoms with E-state index in [1.54, 1.807) is 49.5 Å². The van der Waals surface area contributed by atoms with Gasteiger partial charge < -0.3 is 10.2 Å². The van der Waals surface area contributed by atoms with E-state index in [0.717, 1.165) is 17.5 Å². The van der Waals surface area contributed by atoms with Gasteiger partial charge in [-0.2, -0.15) is 0 Å². The van der Waals surface area contributed by atoms with Crippen LogP contribution < -0.4 is 14.9 Å². The monoisotopic (exact) mass is 538 g/mol. The van der Waals surface area contributed by atoms with Crippen LogP contribution in [-0.2, 0) is 21.2 Å². The smallest absolute Gasteiger partial charge is 0.325 e. The highest BCUT2D eigenvalue weighted by molar-refractivity contribution is 7.90. The molecule has 0 aliphatic heterocycles. The number of nitrogens with zero attached hydrogens (tertiary/aromatic N) is 2. The zero-order chi connectivity index (χ0) is 27.4. The fraction of sp³-hybridized carbons (Fsp3) is 0.148. The van der Waals surface area contributed by atoms with Crippen LogP contribution >= 0.6 is 0 Å². The molecule has 1 aromatic heterocycles. The third kappa shape index (κ3) is 6.12. The number of nitrogens with one attached hydrogen (secondary N) is 2. The molecule has 3 amide bonds. The number of sulfonamides is 1. The lowest BCUT2D eigenvalue weighted by Crippen LogP contribution is -2.52. The van der Waals surface area contributed by atoms with Crippen molar-refractivity contribution in [3.63, 3.8) is 0 Å². The first-order valence-corrected chi connectivity index (χ1v) is 13.0. The van der Waals surface area contributed by atoms with Gasteiger partial charge in [-0.15, -0.1) is 0 Å². The number of urea groups is 1. The number of fused-ring (bicyclic) bond motifs is 1. The van der Waals surface area contributed by atoms with E-state index >= 15 is 0 Å². The minimum atomic E-state index is -4.26. The summed E-state index contributed by atoms with van der Waals surface area (Å²) >= 11 is 0. The van der Waals surface area contributed by atoms with Crippen molar-refractivity contribution >= 4 is 38.6 Å². The summed E-state index contributed by atoms with van der Waals surface area (Å²) in [6.07, 6.45) is 1.30. The van der Waals surface area contributed by atoms with Crippen molar-refractivity contribution in [2.24, 2.45) is 0 Å². The third-order valence-electron chi connectivity index (χ3n) is 5.88. The SMILES string of the molecule is Cc1ccccc1S(=O)(=O)NC(=O)N[C@@H](Cc1cc(F)cc(F)c1)C(=O)N(C)c1ccc2cccnc2c1. The van der Waals surface area contributed by atoms with Crippen molar-refractivity contribution in [1.29, 1.82) is 0 Å². The number of rotatable bonds is 7. The molecule has 4 aromatic rings. The molecule has 4 rings (SSSR count). The van der Waals surface area contributed by atoms with Crippen molar-refractivity contribution in [1.82, 2.24) is 15.0 Å². The Labute approximate surface area is 218 Å². The standard InChI is InChI=1S/C27H24F2N4O4S/c1-17-6-3-4-8-25(17)38(36,37)32-27(35)31-24(14-18-12-20(28)15-21(29)13-18)26(34)33(2)22-10-9-19-7-5-11-30-23(19)16-22/h3-13,15-16,24H,14H2,1-2H3,(H2,31,32,35)/t24-/m0/s1. The summed E-state index contributed by atoms with van der Waals surface area (Å²) < 4.78 is 55.1. The molecule has 196 valence electrons. The Balaban J connectivity index is 1.61. The van der Waals surface area contributed by atoms with E-state index in [0.29, 0.717) is 22.8 Å². The van der Waals surface area contributed by atoms with Gasteiger partial charge in [-0.05, 0) is 54.4 Å². The molecule has 0 bridgehead atoms. The summed E-state index contributed by atoms with van der Waals surface area (Å²) in [5.74, 6) is -2.35. The molecule has 0 aliphatic rings. The summed E-state index contributed by atoms with van der Waals surface area (Å²) in [4.78, 5) is 31.7. The van der Waals surface area contributed by atoms with E-state index in [9.17, 15) is 26.8 Å². The largest absolute Gasteiger partial charge is 0.329 e. The number of anilines is 1. The Hall–Kier alpha value is -4.38. The second kappa shape index (κ2) is 10.9. The van der Waals surface area contributed by atoms with E-state index in [2.05, 4.69) is 10.3 Å². The summed E-state index contributed by atoms with van der Waals surface area (Å²) in [6.45, 7) is 1.57. The van der Waals surface area contributed by atoms with Crippen molar-refractivity contribution < 1.29 is 26.8 Å². The van der Waals surface area contributed by atoms with Crippen molar-refractivity contribution in [2.75, 3.05) is 11.9 Å². The normalized spacial score (nSPS) is 12.1. The van der Waals surface area contributed by atoms with Gasteiger partial charge in [-0.25, -0.2) is 26.7 Å². The van der Waals surface area contributed by atoms with Crippen LogP contribution in [0.25, 0.3) is 10.9 Å². The molecule has 0 fully saturated rings. The third-order valence-corrected chi connectivity index (χ3v) is 7.37. The fourth-order valence-corrected chi connectivity index (χ4v) is 5.17. The Morgan fingerprint density at radius 2 is 1.68 bits per heavy atom. The van der Waals surface area contributed by atoms with Crippen LogP contribution in [0, 0.1) is 18.6 Å². The lowest BCUT2D eigenvalue weighted by atomic mass is 10.0. The maximum absolute atomic E-state index is 13.8. The van der Waals surface area contributed by atoms with Gasteiger partial charge in [0, 0.05) is 36.8 Å². The number of likely N-dealkylation sites (N-methyl/N-ethyl adjacent to an activating group) is 1. The number of hydrogen-bond donors (Lipinski definition) is 2. The molecule has 0 saturated carbocycles. The van der Waals surface area contributed by atoms with Gasteiger partial charge in [0.1, 0.15) is 17.7 Å². The number of hydrogen-bond acceptors (Lipinski definition) is 5. The molecule has 0 aliphatic carbocycles. The first kappa shape index (κ1) is 26.7. The molecule has 0 unspecified atom stereocenters. The second-order valence-electron chi connectivity index (χ2n) is 8.66. The van der Waals surface area contributed by atoms with Crippen LogP contribution in [0.2, 0.25) is 0 Å². The predicted octanol–water partition coefficient (Wildman–Crippen LogP) is 4.08. The Morgan fingerprint density at radius 1 is 0.974 bits per heavy atom. The van der Waals surface area contributed by atoms with Gasteiger partial charge in [0.05, 0.1) is 10.4 Å². The molecule has 1 heterocycles. The highest BCUT2D eigenvalue weighted by Crippen LogP contribution is 2.21. The molecule has 0 saturated heterocycles. The van der Waals surface area contributed by atoms with Crippen LogP contribution in [-0.4, -0.2) is 38.4 Å². The number of benzene rings is 3. The Kier molecular flexibility index (Phi) is 7.67. The lowest BCUT2D eigenvalue weighted by Gasteiger charge is -2.25. The molecule has 0 radical (unpaired) electrons. The first-order valence-electron chi connectivity index (χ1n) is 11.5. The number of carbonyl (C=O) groups is 2. The van der Waals surface area contributed by atoms with Gasteiger partial charge in [0.2, 0.25) is 5.91 Å². The number of aryl methyl sites for hydroxylation is 1. The highest BCUT2D eigenvalue weighted by atomic mass is 32.2. The van der Waals surface area contributed by atoms with Crippen LogP contribution in [0.4, 0.5) is 19.3 Å².